The lowest BCUT2D eigenvalue weighted by Gasteiger charge is -2.37. The van der Waals surface area contributed by atoms with Gasteiger partial charge < -0.3 is 19.7 Å². The second kappa shape index (κ2) is 10.8. The smallest absolute Gasteiger partial charge is 0.338 e. The summed E-state index contributed by atoms with van der Waals surface area (Å²) in [5.41, 5.74) is 2.92. The summed E-state index contributed by atoms with van der Waals surface area (Å²) in [5.74, 6) is 0.0800. The van der Waals surface area contributed by atoms with Gasteiger partial charge in [-0.1, -0.05) is 60.3 Å². The molecule has 2 aliphatic rings. The molecule has 2 heterocycles. The van der Waals surface area contributed by atoms with Gasteiger partial charge in [0.25, 0.3) is 0 Å². The zero-order valence-electron chi connectivity index (χ0n) is 22.1. The number of ether oxygens (including phenoxy) is 2. The highest BCUT2D eigenvalue weighted by Gasteiger charge is 2.43. The highest BCUT2D eigenvalue weighted by molar-refractivity contribution is 8.16. The topological polar surface area (TPSA) is 80.2 Å². The van der Waals surface area contributed by atoms with Crippen LogP contribution < -0.4 is 10.1 Å². The van der Waals surface area contributed by atoms with Crippen molar-refractivity contribution in [3.63, 3.8) is 0 Å². The lowest BCUT2D eigenvalue weighted by molar-refractivity contribution is -0.150. The number of esters is 1. The number of allylic oxidation sites excluding steroid dienone is 1. The van der Waals surface area contributed by atoms with E-state index in [-0.39, 0.29) is 18.4 Å². The first kappa shape index (κ1) is 26.5. The molecule has 0 fully saturated rings. The Labute approximate surface area is 222 Å². The molecule has 1 N–H and O–H groups in total. The van der Waals surface area contributed by atoms with Crippen LogP contribution in [-0.2, 0) is 14.3 Å². The largest absolute Gasteiger partial charge is 0.496 e. The third-order valence-corrected chi connectivity index (χ3v) is 6.96. The molecule has 0 radical (unpaired) electrons. The number of aliphatic imine (C=N–C) groups is 1. The fourth-order valence-corrected chi connectivity index (χ4v) is 5.40. The van der Waals surface area contributed by atoms with E-state index in [0.717, 1.165) is 16.8 Å². The zero-order chi connectivity index (χ0) is 26.7. The van der Waals surface area contributed by atoms with E-state index in [1.165, 1.54) is 11.8 Å². The fraction of sp³-hybridized carbons (Fsp3) is 0.345. The Kier molecular flexibility index (Phi) is 7.78. The second-order valence-electron chi connectivity index (χ2n) is 10.0. The summed E-state index contributed by atoms with van der Waals surface area (Å²) in [5, 5.41) is 5.72. The lowest BCUT2D eigenvalue weighted by Crippen LogP contribution is -2.39. The molecule has 7 nitrogen and oxygen atoms in total. The lowest BCUT2D eigenvalue weighted by atomic mass is 9.93. The summed E-state index contributed by atoms with van der Waals surface area (Å²) in [6.07, 6.45) is 0.134. The number of methoxy groups -OCH3 is 1. The third kappa shape index (κ3) is 5.91. The molecule has 37 heavy (non-hydrogen) atoms. The molecule has 4 rings (SSSR count). The Bertz CT molecular complexity index is 1280. The van der Waals surface area contributed by atoms with E-state index in [4.69, 9.17) is 14.5 Å². The molecule has 0 saturated heterocycles. The van der Waals surface area contributed by atoms with Gasteiger partial charge in [-0.2, -0.15) is 0 Å². The van der Waals surface area contributed by atoms with E-state index in [1.54, 1.807) is 7.11 Å². The molecule has 0 bridgehead atoms. The Balaban J connectivity index is 1.68. The molecule has 2 aliphatic heterocycles. The van der Waals surface area contributed by atoms with Crippen LogP contribution in [0.3, 0.4) is 0 Å². The van der Waals surface area contributed by atoms with Gasteiger partial charge in [-0.25, -0.2) is 9.79 Å². The molecule has 1 amide bonds. The molecule has 0 aliphatic carbocycles. The van der Waals surface area contributed by atoms with E-state index in [9.17, 15) is 9.59 Å². The van der Waals surface area contributed by atoms with Crippen LogP contribution in [0.1, 0.15) is 64.3 Å². The van der Waals surface area contributed by atoms with Crippen LogP contribution in [-0.4, -0.2) is 34.7 Å². The Morgan fingerprint density at radius 1 is 1.11 bits per heavy atom. The normalized spacial score (nSPS) is 18.0. The van der Waals surface area contributed by atoms with Crippen molar-refractivity contribution >= 4 is 28.8 Å². The fourth-order valence-electron chi connectivity index (χ4n) is 4.43. The molecule has 0 unspecified atom stereocenters. The number of carbonyl (C=O) groups excluding carboxylic acids is 2. The number of amidine groups is 1. The number of rotatable bonds is 7. The average molecular weight is 520 g/mol. The van der Waals surface area contributed by atoms with Crippen molar-refractivity contribution in [1.82, 2.24) is 10.2 Å². The third-order valence-electron chi connectivity index (χ3n) is 6.07. The Morgan fingerprint density at radius 2 is 1.78 bits per heavy atom. The number of para-hydroxylation sites is 1. The van der Waals surface area contributed by atoms with Crippen LogP contribution in [0.5, 0.6) is 5.75 Å². The van der Waals surface area contributed by atoms with Gasteiger partial charge >= 0.3 is 5.97 Å². The second-order valence-corrected chi connectivity index (χ2v) is 10.9. The van der Waals surface area contributed by atoms with Crippen molar-refractivity contribution in [2.75, 3.05) is 7.11 Å². The predicted octanol–water partition coefficient (Wildman–Crippen LogP) is 5.88. The SMILES string of the molecule is COc1ccccc1[C@H]1C(C(=O)OC(C)(C)C)=C(C)N=C2SC=C(CC(=O)N[C@@H](C)c3ccccc3)N21. The van der Waals surface area contributed by atoms with Crippen LogP contribution in [0.15, 0.2) is 82.0 Å². The number of nitrogens with one attached hydrogen (secondary N) is 1. The number of carbonyl (C=O) groups is 2. The molecule has 0 saturated carbocycles. The minimum Gasteiger partial charge on any atom is -0.496 e. The number of thioether (sulfide) groups is 1. The first-order chi connectivity index (χ1) is 17.6. The summed E-state index contributed by atoms with van der Waals surface area (Å²) < 4.78 is 11.5. The first-order valence-electron chi connectivity index (χ1n) is 12.2. The molecular formula is C29H33N3O4S. The number of amides is 1. The van der Waals surface area contributed by atoms with Crippen LogP contribution in [0, 0.1) is 0 Å². The molecule has 194 valence electrons. The quantitative estimate of drug-likeness (QED) is 0.460. The van der Waals surface area contributed by atoms with Crippen molar-refractivity contribution in [2.24, 2.45) is 4.99 Å². The van der Waals surface area contributed by atoms with Crippen molar-refractivity contribution in [3.05, 3.63) is 88.1 Å². The van der Waals surface area contributed by atoms with Crippen LogP contribution in [0.25, 0.3) is 0 Å². The first-order valence-corrected chi connectivity index (χ1v) is 13.1. The van der Waals surface area contributed by atoms with Gasteiger partial charge in [0.05, 0.1) is 36.9 Å². The standard InChI is InChI=1S/C29H33N3O4S/c1-18(20-12-8-7-9-13-20)30-24(33)16-21-17-37-28-31-19(2)25(27(34)36-29(3,4)5)26(32(21)28)22-14-10-11-15-23(22)35-6/h7-15,17-18,26H,16H2,1-6H3,(H,30,33)/t18-,26-/m0/s1. The van der Waals surface area contributed by atoms with Gasteiger partial charge in [0, 0.05) is 11.3 Å². The molecule has 2 atom stereocenters. The van der Waals surface area contributed by atoms with Gasteiger partial charge in [0.15, 0.2) is 5.17 Å². The molecular weight excluding hydrogens is 486 g/mol. The van der Waals surface area contributed by atoms with Crippen molar-refractivity contribution in [1.29, 1.82) is 0 Å². The summed E-state index contributed by atoms with van der Waals surface area (Å²) >= 11 is 1.44. The minimum atomic E-state index is -0.675. The maximum absolute atomic E-state index is 13.5. The summed E-state index contributed by atoms with van der Waals surface area (Å²) in [6, 6.07) is 16.7. The van der Waals surface area contributed by atoms with Gasteiger partial charge in [-0.05, 0) is 51.7 Å². The van der Waals surface area contributed by atoms with Gasteiger partial charge in [0.1, 0.15) is 11.4 Å². The predicted molar refractivity (Wildman–Crippen MR) is 147 cm³/mol. The number of fused-ring (bicyclic) bond motifs is 1. The number of hydrogen-bond acceptors (Lipinski definition) is 7. The summed E-state index contributed by atoms with van der Waals surface area (Å²) in [6.45, 7) is 9.30. The number of nitrogens with zero attached hydrogens (tertiary/aromatic N) is 2. The molecule has 2 aromatic rings. The highest BCUT2D eigenvalue weighted by Crippen LogP contribution is 2.47. The molecule has 0 aromatic heterocycles. The van der Waals surface area contributed by atoms with Crippen LogP contribution >= 0.6 is 11.8 Å². The minimum absolute atomic E-state index is 0.117. The van der Waals surface area contributed by atoms with Gasteiger partial charge in [0.2, 0.25) is 5.91 Å². The van der Waals surface area contributed by atoms with Gasteiger partial charge in [-0.15, -0.1) is 0 Å². The number of hydrogen-bond donors (Lipinski definition) is 1. The molecule has 8 heteroatoms. The van der Waals surface area contributed by atoms with E-state index in [2.05, 4.69) is 5.32 Å². The molecule has 2 aromatic carbocycles. The maximum Gasteiger partial charge on any atom is 0.338 e. The van der Waals surface area contributed by atoms with E-state index in [1.807, 2.05) is 99.5 Å². The summed E-state index contributed by atoms with van der Waals surface area (Å²) in [4.78, 5) is 33.3. The van der Waals surface area contributed by atoms with E-state index in [0.29, 0.717) is 22.2 Å². The van der Waals surface area contributed by atoms with Crippen LogP contribution in [0.2, 0.25) is 0 Å². The van der Waals surface area contributed by atoms with Crippen molar-refractivity contribution in [2.45, 2.75) is 58.7 Å². The van der Waals surface area contributed by atoms with Crippen molar-refractivity contribution < 1.29 is 19.1 Å². The Morgan fingerprint density at radius 3 is 2.46 bits per heavy atom. The Hall–Kier alpha value is -3.52. The van der Waals surface area contributed by atoms with Crippen molar-refractivity contribution in [3.8, 4) is 5.75 Å². The average Bonchev–Trinajstić information content (AvgIpc) is 3.24. The van der Waals surface area contributed by atoms with E-state index < -0.39 is 17.6 Å². The van der Waals surface area contributed by atoms with Gasteiger partial charge in [-0.3, -0.25) is 4.79 Å². The summed E-state index contributed by atoms with van der Waals surface area (Å²) in [7, 11) is 1.61. The number of benzene rings is 2. The molecule has 0 spiro atoms. The van der Waals surface area contributed by atoms with Crippen LogP contribution in [0.4, 0.5) is 0 Å². The zero-order valence-corrected chi connectivity index (χ0v) is 22.9. The highest BCUT2D eigenvalue weighted by atomic mass is 32.2. The maximum atomic E-state index is 13.5. The van der Waals surface area contributed by atoms with E-state index >= 15 is 0 Å². The monoisotopic (exact) mass is 519 g/mol.